The fraction of sp³-hybridized carbons (Fsp3) is 0.160. The van der Waals surface area contributed by atoms with Crippen LogP contribution in [0.15, 0.2) is 75.9 Å². The molecular weight excluding hydrogens is 396 g/mol. The number of benzene rings is 3. The minimum atomic E-state index is -0.211. The van der Waals surface area contributed by atoms with Crippen LogP contribution in [0.2, 0.25) is 0 Å². The van der Waals surface area contributed by atoms with Crippen molar-refractivity contribution in [2.75, 3.05) is 21.3 Å². The highest BCUT2D eigenvalue weighted by atomic mass is 16.5. The predicted octanol–water partition coefficient (Wildman–Crippen LogP) is 5.06. The lowest BCUT2D eigenvalue weighted by atomic mass is 10.1. The minimum Gasteiger partial charge on any atom is -0.496 e. The van der Waals surface area contributed by atoms with Crippen molar-refractivity contribution in [1.29, 1.82) is 0 Å². The average molecular weight is 418 g/mol. The van der Waals surface area contributed by atoms with Crippen LogP contribution in [0.5, 0.6) is 23.0 Å². The molecular formula is C25H22O6. The maximum absolute atomic E-state index is 12.9. The van der Waals surface area contributed by atoms with Gasteiger partial charge in [-0.05, 0) is 23.8 Å². The van der Waals surface area contributed by atoms with E-state index in [0.29, 0.717) is 51.9 Å². The van der Waals surface area contributed by atoms with Gasteiger partial charge in [0.05, 0.1) is 21.3 Å². The van der Waals surface area contributed by atoms with E-state index in [2.05, 4.69) is 0 Å². The third-order valence-corrected chi connectivity index (χ3v) is 4.90. The highest BCUT2D eigenvalue weighted by molar-refractivity contribution is 5.86. The molecule has 6 nitrogen and oxygen atoms in total. The summed E-state index contributed by atoms with van der Waals surface area (Å²) in [6.45, 7) is 0.384. The molecule has 0 radical (unpaired) electrons. The molecule has 0 N–H and O–H groups in total. The van der Waals surface area contributed by atoms with Crippen LogP contribution in [0.25, 0.3) is 22.3 Å². The second-order valence-corrected chi connectivity index (χ2v) is 6.82. The second-order valence-electron chi connectivity index (χ2n) is 6.82. The Labute approximate surface area is 179 Å². The Bertz CT molecular complexity index is 1260. The Kier molecular flexibility index (Phi) is 5.80. The molecule has 3 aromatic carbocycles. The van der Waals surface area contributed by atoms with Gasteiger partial charge in [0.25, 0.3) is 0 Å². The Balaban J connectivity index is 1.77. The van der Waals surface area contributed by atoms with Gasteiger partial charge in [-0.25, -0.2) is 0 Å². The summed E-state index contributed by atoms with van der Waals surface area (Å²) in [5.74, 6) is 2.47. The second kappa shape index (κ2) is 8.83. The minimum absolute atomic E-state index is 0.211. The standard InChI is InChI=1S/C25H22O6/c1-27-20-10-9-17(11-22(20)28-2)21-14-19(26)25-23(29-3)12-18(13-24(25)31-21)30-15-16-7-5-4-6-8-16/h4-14H,15H2,1-3H3. The van der Waals surface area contributed by atoms with Gasteiger partial charge in [-0.2, -0.15) is 0 Å². The SMILES string of the molecule is COc1ccc(-c2cc(=O)c3c(OC)cc(OCc4ccccc4)cc3o2)cc1OC. The molecule has 4 rings (SSSR count). The summed E-state index contributed by atoms with van der Waals surface area (Å²) in [5.41, 5.74) is 1.88. The summed E-state index contributed by atoms with van der Waals surface area (Å²) in [6.07, 6.45) is 0. The number of ether oxygens (including phenoxy) is 4. The van der Waals surface area contributed by atoms with Crippen molar-refractivity contribution in [1.82, 2.24) is 0 Å². The highest BCUT2D eigenvalue weighted by Gasteiger charge is 2.15. The smallest absolute Gasteiger partial charge is 0.197 e. The Morgan fingerprint density at radius 2 is 1.52 bits per heavy atom. The lowest BCUT2D eigenvalue weighted by Gasteiger charge is -2.12. The van der Waals surface area contributed by atoms with Crippen LogP contribution in [0.4, 0.5) is 0 Å². The molecule has 0 aliphatic carbocycles. The van der Waals surface area contributed by atoms with E-state index in [1.807, 2.05) is 30.3 Å². The van der Waals surface area contributed by atoms with Crippen molar-refractivity contribution >= 4 is 11.0 Å². The summed E-state index contributed by atoms with van der Waals surface area (Å²) in [4.78, 5) is 12.9. The van der Waals surface area contributed by atoms with Gasteiger partial charge in [0.1, 0.15) is 34.8 Å². The van der Waals surface area contributed by atoms with E-state index in [-0.39, 0.29) is 5.43 Å². The van der Waals surface area contributed by atoms with Crippen molar-refractivity contribution in [2.45, 2.75) is 6.61 Å². The molecule has 0 saturated heterocycles. The molecule has 1 heterocycles. The van der Waals surface area contributed by atoms with Crippen molar-refractivity contribution < 1.29 is 23.4 Å². The maximum atomic E-state index is 12.9. The molecule has 0 aliphatic rings. The normalized spacial score (nSPS) is 10.7. The fourth-order valence-corrected chi connectivity index (χ4v) is 3.35. The molecule has 0 spiro atoms. The zero-order chi connectivity index (χ0) is 21.8. The third-order valence-electron chi connectivity index (χ3n) is 4.90. The predicted molar refractivity (Wildman–Crippen MR) is 118 cm³/mol. The average Bonchev–Trinajstić information content (AvgIpc) is 2.82. The van der Waals surface area contributed by atoms with Crippen LogP contribution in [-0.4, -0.2) is 21.3 Å². The Morgan fingerprint density at radius 3 is 2.23 bits per heavy atom. The van der Waals surface area contributed by atoms with E-state index < -0.39 is 0 Å². The quantitative estimate of drug-likeness (QED) is 0.418. The fourth-order valence-electron chi connectivity index (χ4n) is 3.35. The van der Waals surface area contributed by atoms with Crippen LogP contribution >= 0.6 is 0 Å². The van der Waals surface area contributed by atoms with Crippen LogP contribution in [0, 0.1) is 0 Å². The van der Waals surface area contributed by atoms with Gasteiger partial charge in [0.2, 0.25) is 0 Å². The van der Waals surface area contributed by atoms with E-state index in [1.54, 1.807) is 44.6 Å². The molecule has 0 unspecified atom stereocenters. The number of hydrogen-bond donors (Lipinski definition) is 0. The van der Waals surface area contributed by atoms with Crippen molar-refractivity contribution in [3.8, 4) is 34.3 Å². The van der Waals surface area contributed by atoms with E-state index in [0.717, 1.165) is 5.56 Å². The zero-order valence-corrected chi connectivity index (χ0v) is 17.5. The first kappa shape index (κ1) is 20.3. The molecule has 0 bridgehead atoms. The summed E-state index contributed by atoms with van der Waals surface area (Å²) >= 11 is 0. The molecule has 6 heteroatoms. The summed E-state index contributed by atoms with van der Waals surface area (Å²) in [5, 5.41) is 0.360. The molecule has 31 heavy (non-hydrogen) atoms. The van der Waals surface area contributed by atoms with Gasteiger partial charge < -0.3 is 23.4 Å². The largest absolute Gasteiger partial charge is 0.496 e. The van der Waals surface area contributed by atoms with Gasteiger partial charge in [-0.15, -0.1) is 0 Å². The summed E-state index contributed by atoms with van der Waals surface area (Å²) < 4.78 is 28.1. The molecule has 0 fully saturated rings. The van der Waals surface area contributed by atoms with Crippen LogP contribution in [-0.2, 0) is 6.61 Å². The third kappa shape index (κ3) is 4.19. The Hall–Kier alpha value is -3.93. The number of fused-ring (bicyclic) bond motifs is 1. The van der Waals surface area contributed by atoms with Gasteiger partial charge in [-0.1, -0.05) is 30.3 Å². The number of hydrogen-bond acceptors (Lipinski definition) is 6. The molecule has 0 atom stereocenters. The molecule has 0 amide bonds. The number of rotatable bonds is 7. The van der Waals surface area contributed by atoms with Gasteiger partial charge in [0.15, 0.2) is 16.9 Å². The van der Waals surface area contributed by atoms with E-state index >= 15 is 0 Å². The monoisotopic (exact) mass is 418 g/mol. The number of methoxy groups -OCH3 is 3. The van der Waals surface area contributed by atoms with Crippen LogP contribution < -0.4 is 24.4 Å². The topological polar surface area (TPSA) is 67.1 Å². The first-order valence-corrected chi connectivity index (χ1v) is 9.68. The molecule has 158 valence electrons. The van der Waals surface area contributed by atoms with Crippen LogP contribution in [0.3, 0.4) is 0 Å². The highest BCUT2D eigenvalue weighted by Crippen LogP contribution is 2.35. The van der Waals surface area contributed by atoms with E-state index in [9.17, 15) is 4.79 Å². The summed E-state index contributed by atoms with van der Waals surface area (Å²) in [7, 11) is 4.63. The first-order chi connectivity index (χ1) is 15.1. The lowest BCUT2D eigenvalue weighted by molar-refractivity contribution is 0.304. The molecule has 0 saturated carbocycles. The lowest BCUT2D eigenvalue weighted by Crippen LogP contribution is -2.04. The van der Waals surface area contributed by atoms with Crippen molar-refractivity contribution in [2.24, 2.45) is 0 Å². The Morgan fingerprint density at radius 1 is 0.774 bits per heavy atom. The van der Waals surface area contributed by atoms with Gasteiger partial charge in [0, 0.05) is 23.8 Å². The van der Waals surface area contributed by atoms with Crippen LogP contribution in [0.1, 0.15) is 5.56 Å². The van der Waals surface area contributed by atoms with Gasteiger partial charge in [-0.3, -0.25) is 4.79 Å². The molecule has 0 aliphatic heterocycles. The maximum Gasteiger partial charge on any atom is 0.197 e. The molecule has 4 aromatic rings. The van der Waals surface area contributed by atoms with E-state index in [4.69, 9.17) is 23.4 Å². The van der Waals surface area contributed by atoms with Crippen molar-refractivity contribution in [3.63, 3.8) is 0 Å². The zero-order valence-electron chi connectivity index (χ0n) is 17.5. The molecule has 1 aromatic heterocycles. The van der Waals surface area contributed by atoms with Gasteiger partial charge >= 0.3 is 0 Å². The summed E-state index contributed by atoms with van der Waals surface area (Å²) in [6, 6.07) is 20.0. The van der Waals surface area contributed by atoms with Crippen molar-refractivity contribution in [3.05, 3.63) is 82.5 Å². The first-order valence-electron chi connectivity index (χ1n) is 9.68. The van der Waals surface area contributed by atoms with E-state index in [1.165, 1.54) is 13.2 Å².